The van der Waals surface area contributed by atoms with Crippen LogP contribution in [-0.4, -0.2) is 29.5 Å². The van der Waals surface area contributed by atoms with Crippen LogP contribution in [0, 0.1) is 17.2 Å². The van der Waals surface area contributed by atoms with Crippen molar-refractivity contribution in [3.8, 4) is 0 Å². The summed E-state index contributed by atoms with van der Waals surface area (Å²) in [6.45, 7) is 0. The predicted molar refractivity (Wildman–Crippen MR) is 119 cm³/mol. The van der Waals surface area contributed by atoms with E-state index in [9.17, 15) is 27.5 Å². The van der Waals surface area contributed by atoms with Gasteiger partial charge < -0.3 is 9.84 Å². The number of carbonyl (C=O) groups is 1. The molecule has 178 valence electrons. The van der Waals surface area contributed by atoms with Crippen LogP contribution in [0.3, 0.4) is 0 Å². The van der Waals surface area contributed by atoms with Gasteiger partial charge in [-0.1, -0.05) is 48.5 Å². The first-order valence-electron chi connectivity index (χ1n) is 11.4. The van der Waals surface area contributed by atoms with Crippen molar-refractivity contribution in [2.75, 3.05) is 0 Å². The van der Waals surface area contributed by atoms with Gasteiger partial charge in [0.15, 0.2) is 0 Å². The molecule has 1 saturated heterocycles. The molecule has 0 aromatic heterocycles. The van der Waals surface area contributed by atoms with E-state index in [2.05, 4.69) is 0 Å². The molecule has 2 bridgehead atoms. The first-order valence-corrected chi connectivity index (χ1v) is 11.4. The Morgan fingerprint density at radius 1 is 1.03 bits per heavy atom. The average molecular weight is 472 g/mol. The number of allylic oxidation sites excluding steroid dienone is 4. The summed E-state index contributed by atoms with van der Waals surface area (Å²) in [4.78, 5) is 11.7. The Hall–Kier alpha value is -2.93. The van der Waals surface area contributed by atoms with Crippen molar-refractivity contribution in [1.82, 2.24) is 0 Å². The number of benzene rings is 2. The van der Waals surface area contributed by atoms with Gasteiger partial charge in [0.25, 0.3) is 0 Å². The van der Waals surface area contributed by atoms with E-state index in [1.165, 1.54) is 30.3 Å². The van der Waals surface area contributed by atoms with Gasteiger partial charge in [0, 0.05) is 12.3 Å². The molecule has 2 unspecified atom stereocenters. The summed E-state index contributed by atoms with van der Waals surface area (Å²) in [6.07, 6.45) is -4.43. The van der Waals surface area contributed by atoms with E-state index in [4.69, 9.17) is 4.74 Å². The smallest absolute Gasteiger partial charge is 0.401 e. The Balaban J connectivity index is 1.59. The van der Waals surface area contributed by atoms with Crippen LogP contribution in [0.25, 0.3) is 11.1 Å². The topological polar surface area (TPSA) is 46.5 Å². The minimum Gasteiger partial charge on any atom is -0.462 e. The molecule has 2 aromatic rings. The van der Waals surface area contributed by atoms with Crippen molar-refractivity contribution < 1.29 is 32.2 Å². The van der Waals surface area contributed by atoms with Crippen LogP contribution < -0.4 is 0 Å². The highest BCUT2D eigenvalue weighted by atomic mass is 19.4. The van der Waals surface area contributed by atoms with Crippen LogP contribution in [0.2, 0.25) is 0 Å². The lowest BCUT2D eigenvalue weighted by Crippen LogP contribution is -2.36. The van der Waals surface area contributed by atoms with Crippen molar-refractivity contribution >= 4 is 17.1 Å². The molecule has 34 heavy (non-hydrogen) atoms. The van der Waals surface area contributed by atoms with Crippen molar-refractivity contribution in [1.29, 1.82) is 0 Å². The fourth-order valence-corrected chi connectivity index (χ4v) is 5.77. The Kier molecular flexibility index (Phi) is 5.63. The number of fused-ring (bicyclic) bond motifs is 2. The first-order chi connectivity index (χ1) is 16.2. The van der Waals surface area contributed by atoms with Gasteiger partial charge in [0.1, 0.15) is 17.3 Å². The van der Waals surface area contributed by atoms with Crippen molar-refractivity contribution in [3.63, 3.8) is 0 Å². The summed E-state index contributed by atoms with van der Waals surface area (Å²) in [5.41, 5.74) is 0.606. The van der Waals surface area contributed by atoms with Gasteiger partial charge in [0.2, 0.25) is 0 Å². The van der Waals surface area contributed by atoms with Gasteiger partial charge in [-0.05, 0) is 59.2 Å². The third kappa shape index (κ3) is 3.86. The number of cyclic esters (lactones) is 1. The van der Waals surface area contributed by atoms with E-state index in [1.807, 2.05) is 6.07 Å². The van der Waals surface area contributed by atoms with Crippen molar-refractivity contribution in [2.45, 2.75) is 50.5 Å². The van der Waals surface area contributed by atoms with Crippen LogP contribution in [0.4, 0.5) is 17.6 Å². The molecule has 2 aliphatic carbocycles. The molecular weight excluding hydrogens is 448 g/mol. The summed E-state index contributed by atoms with van der Waals surface area (Å²) in [5, 5.41) is 9.91. The maximum atomic E-state index is 14.8. The lowest BCUT2D eigenvalue weighted by atomic mass is 9.75. The van der Waals surface area contributed by atoms with E-state index < -0.39 is 41.5 Å². The van der Waals surface area contributed by atoms with Crippen LogP contribution in [0.5, 0.6) is 0 Å². The SMILES string of the molecule is O=C1C[C@H](O)C[C@@H](CCC2=C(c3ccc(F)cc3)C3CC2(C(F)(F)F)C=C3c2ccccc2)O1. The molecule has 0 saturated carbocycles. The quantitative estimate of drug-likeness (QED) is 0.423. The zero-order valence-corrected chi connectivity index (χ0v) is 18.3. The van der Waals surface area contributed by atoms with Crippen LogP contribution in [-0.2, 0) is 9.53 Å². The molecule has 4 atom stereocenters. The Morgan fingerprint density at radius 2 is 1.74 bits per heavy atom. The Labute approximate surface area is 194 Å². The number of hydrogen-bond donors (Lipinski definition) is 1. The molecular formula is C27H24F4O3. The molecule has 5 rings (SSSR count). The van der Waals surface area contributed by atoms with Crippen LogP contribution in [0.15, 0.2) is 66.2 Å². The second kappa shape index (κ2) is 8.38. The highest BCUT2D eigenvalue weighted by Crippen LogP contribution is 2.67. The lowest BCUT2D eigenvalue weighted by molar-refractivity contribution is -0.192. The number of aliphatic hydroxyl groups excluding tert-OH is 1. The fourth-order valence-electron chi connectivity index (χ4n) is 5.77. The van der Waals surface area contributed by atoms with E-state index in [-0.39, 0.29) is 37.7 Å². The number of aliphatic hydroxyl groups is 1. The maximum absolute atomic E-state index is 14.8. The minimum atomic E-state index is -4.53. The van der Waals surface area contributed by atoms with Gasteiger partial charge in [-0.25, -0.2) is 4.39 Å². The molecule has 2 aromatic carbocycles. The predicted octanol–water partition coefficient (Wildman–Crippen LogP) is 6.09. The molecule has 7 heteroatoms. The first kappa shape index (κ1) is 22.8. The number of alkyl halides is 3. The van der Waals surface area contributed by atoms with Gasteiger partial charge in [-0.15, -0.1) is 0 Å². The number of carbonyl (C=O) groups excluding carboxylic acids is 1. The van der Waals surface area contributed by atoms with Crippen molar-refractivity contribution in [3.05, 3.63) is 83.2 Å². The third-order valence-corrected chi connectivity index (χ3v) is 7.24. The second-order valence-electron chi connectivity index (χ2n) is 9.33. The molecule has 3 nitrogen and oxygen atoms in total. The van der Waals surface area contributed by atoms with Gasteiger partial charge in [-0.3, -0.25) is 4.79 Å². The number of halogens is 4. The normalized spacial score (nSPS) is 28.8. The van der Waals surface area contributed by atoms with Crippen LogP contribution >= 0.6 is 0 Å². The van der Waals surface area contributed by atoms with E-state index in [0.29, 0.717) is 16.7 Å². The minimum absolute atomic E-state index is 0.0615. The molecule has 0 spiro atoms. The summed E-state index contributed by atoms with van der Waals surface area (Å²) in [6, 6.07) is 14.6. The zero-order valence-electron chi connectivity index (χ0n) is 18.3. The maximum Gasteiger partial charge on any atom is 0.401 e. The highest BCUT2D eigenvalue weighted by molar-refractivity contribution is 5.91. The molecule has 1 N–H and O–H groups in total. The largest absolute Gasteiger partial charge is 0.462 e. The summed E-state index contributed by atoms with van der Waals surface area (Å²) >= 11 is 0. The summed E-state index contributed by atoms with van der Waals surface area (Å²) in [5.74, 6) is -1.48. The zero-order chi connectivity index (χ0) is 24.1. The molecule has 3 aliphatic rings. The fraction of sp³-hybridized carbons (Fsp3) is 0.370. The Morgan fingerprint density at radius 3 is 2.38 bits per heavy atom. The molecule has 1 heterocycles. The number of hydrogen-bond acceptors (Lipinski definition) is 3. The monoisotopic (exact) mass is 472 g/mol. The number of rotatable bonds is 5. The van der Waals surface area contributed by atoms with Gasteiger partial charge in [-0.2, -0.15) is 13.2 Å². The van der Waals surface area contributed by atoms with Gasteiger partial charge in [0.05, 0.1) is 12.5 Å². The van der Waals surface area contributed by atoms with Crippen LogP contribution in [0.1, 0.15) is 43.2 Å². The average Bonchev–Trinajstić information content (AvgIpc) is 3.34. The molecule has 1 aliphatic heterocycles. The highest BCUT2D eigenvalue weighted by Gasteiger charge is 2.64. The Bertz CT molecular complexity index is 1150. The van der Waals surface area contributed by atoms with Crippen molar-refractivity contribution in [2.24, 2.45) is 11.3 Å². The molecule has 0 radical (unpaired) electrons. The third-order valence-electron chi connectivity index (χ3n) is 7.24. The second-order valence-corrected chi connectivity index (χ2v) is 9.33. The lowest BCUT2D eigenvalue weighted by Gasteiger charge is -2.34. The van der Waals surface area contributed by atoms with E-state index >= 15 is 0 Å². The number of esters is 1. The molecule has 1 fully saturated rings. The molecule has 0 amide bonds. The van der Waals surface area contributed by atoms with E-state index in [1.54, 1.807) is 24.3 Å². The summed E-state index contributed by atoms with van der Waals surface area (Å²) in [7, 11) is 0. The number of ether oxygens (including phenoxy) is 1. The summed E-state index contributed by atoms with van der Waals surface area (Å²) < 4.78 is 63.2. The standard InChI is InChI=1S/C27H24F4O3/c28-18-8-6-17(7-9-18)25-22-15-26(27(29,30)31,14-21(22)16-4-2-1-3-5-16)23(25)11-10-20-12-19(32)13-24(33)34-20/h1-9,14,19-20,22,32H,10-13,15H2/t19-,20-,22?,26?/m1/s1. The van der Waals surface area contributed by atoms with E-state index in [0.717, 1.165) is 5.56 Å². The van der Waals surface area contributed by atoms with Gasteiger partial charge >= 0.3 is 12.1 Å².